The number of aromatic amines is 1. The minimum Gasteiger partial charge on any atom is -0.343 e. The van der Waals surface area contributed by atoms with Crippen LogP contribution in [-0.4, -0.2) is 9.97 Å². The molecule has 0 amide bonds. The molecule has 0 bridgehead atoms. The standard InChI is InChI=1S/C18H22N2S/c1-12-7-6-10-15(11-12)17-19-16(13(2)18(21)20-17)14-8-4-3-5-9-14/h3-5,8-9,12,15H,6-7,10-11H2,1-2H3,(H,19,20,21). The van der Waals surface area contributed by atoms with Gasteiger partial charge in [0.1, 0.15) is 10.5 Å². The topological polar surface area (TPSA) is 28.7 Å². The molecule has 1 heterocycles. The first-order valence-electron chi connectivity index (χ1n) is 7.81. The molecular formula is C18H22N2S. The molecule has 1 N–H and O–H groups in total. The maximum absolute atomic E-state index is 5.50. The second-order valence-electron chi connectivity index (χ2n) is 6.26. The Bertz CT molecular complexity index is 675. The Labute approximate surface area is 131 Å². The van der Waals surface area contributed by atoms with Gasteiger partial charge in [-0.2, -0.15) is 0 Å². The lowest BCUT2D eigenvalue weighted by Crippen LogP contribution is -2.15. The summed E-state index contributed by atoms with van der Waals surface area (Å²) in [6.45, 7) is 4.40. The van der Waals surface area contributed by atoms with E-state index in [0.717, 1.165) is 27.6 Å². The van der Waals surface area contributed by atoms with E-state index in [4.69, 9.17) is 12.2 Å². The summed E-state index contributed by atoms with van der Waals surface area (Å²) in [6, 6.07) is 10.4. The highest BCUT2D eigenvalue weighted by atomic mass is 32.1. The van der Waals surface area contributed by atoms with Crippen LogP contribution >= 0.6 is 12.2 Å². The van der Waals surface area contributed by atoms with Crippen LogP contribution in [0.25, 0.3) is 11.3 Å². The molecule has 21 heavy (non-hydrogen) atoms. The van der Waals surface area contributed by atoms with Gasteiger partial charge in [-0.05, 0) is 31.2 Å². The van der Waals surface area contributed by atoms with Crippen LogP contribution in [0.1, 0.15) is 49.9 Å². The second kappa shape index (κ2) is 6.10. The van der Waals surface area contributed by atoms with Gasteiger partial charge in [0.25, 0.3) is 0 Å². The summed E-state index contributed by atoms with van der Waals surface area (Å²) < 4.78 is 0.737. The van der Waals surface area contributed by atoms with Crippen LogP contribution < -0.4 is 0 Å². The van der Waals surface area contributed by atoms with Crippen LogP contribution in [0, 0.1) is 17.5 Å². The van der Waals surface area contributed by atoms with E-state index in [1.165, 1.54) is 31.2 Å². The van der Waals surface area contributed by atoms with E-state index >= 15 is 0 Å². The van der Waals surface area contributed by atoms with Crippen LogP contribution in [0.4, 0.5) is 0 Å². The minimum absolute atomic E-state index is 0.526. The Hall–Kier alpha value is -1.48. The van der Waals surface area contributed by atoms with E-state index in [9.17, 15) is 0 Å². The van der Waals surface area contributed by atoms with E-state index in [1.54, 1.807) is 0 Å². The van der Waals surface area contributed by atoms with Crippen molar-refractivity contribution in [2.45, 2.75) is 45.4 Å². The molecule has 2 unspecified atom stereocenters. The zero-order valence-electron chi connectivity index (χ0n) is 12.7. The lowest BCUT2D eigenvalue weighted by atomic mass is 9.82. The SMILES string of the molecule is Cc1c(-c2ccccc2)[nH]c(C2CCCC(C)C2)nc1=S. The number of nitrogens with zero attached hydrogens (tertiary/aromatic N) is 1. The molecule has 1 aliphatic carbocycles. The van der Waals surface area contributed by atoms with Crippen molar-refractivity contribution in [3.05, 3.63) is 46.4 Å². The molecule has 1 fully saturated rings. The summed E-state index contributed by atoms with van der Waals surface area (Å²) in [4.78, 5) is 8.26. The predicted molar refractivity (Wildman–Crippen MR) is 90.0 cm³/mol. The first-order chi connectivity index (χ1) is 10.1. The summed E-state index contributed by atoms with van der Waals surface area (Å²) >= 11 is 5.50. The smallest absolute Gasteiger partial charge is 0.133 e. The Morgan fingerprint density at radius 1 is 1.19 bits per heavy atom. The molecule has 0 saturated heterocycles. The Morgan fingerprint density at radius 2 is 1.95 bits per heavy atom. The molecule has 0 radical (unpaired) electrons. The zero-order chi connectivity index (χ0) is 14.8. The average Bonchev–Trinajstić information content (AvgIpc) is 2.51. The highest BCUT2D eigenvalue weighted by Gasteiger charge is 2.23. The first-order valence-corrected chi connectivity index (χ1v) is 8.22. The number of H-pyrrole nitrogens is 1. The molecule has 0 aliphatic heterocycles. The number of benzene rings is 1. The largest absolute Gasteiger partial charge is 0.343 e. The Balaban J connectivity index is 2.04. The van der Waals surface area contributed by atoms with Gasteiger partial charge in [0, 0.05) is 11.5 Å². The van der Waals surface area contributed by atoms with Crippen molar-refractivity contribution in [3.8, 4) is 11.3 Å². The lowest BCUT2D eigenvalue weighted by molar-refractivity contribution is 0.335. The third-order valence-electron chi connectivity index (χ3n) is 4.56. The summed E-state index contributed by atoms with van der Waals surface area (Å²) in [5, 5.41) is 0. The zero-order valence-corrected chi connectivity index (χ0v) is 13.5. The van der Waals surface area contributed by atoms with Crippen molar-refractivity contribution < 1.29 is 0 Å². The van der Waals surface area contributed by atoms with Crippen LogP contribution in [-0.2, 0) is 0 Å². The summed E-state index contributed by atoms with van der Waals surface area (Å²) in [5.74, 6) is 2.39. The summed E-state index contributed by atoms with van der Waals surface area (Å²) in [6.07, 6.45) is 5.08. The van der Waals surface area contributed by atoms with Crippen molar-refractivity contribution in [2.24, 2.45) is 5.92 Å². The van der Waals surface area contributed by atoms with E-state index in [-0.39, 0.29) is 0 Å². The van der Waals surface area contributed by atoms with Crippen LogP contribution in [0.15, 0.2) is 30.3 Å². The van der Waals surface area contributed by atoms with Gasteiger partial charge in [-0.1, -0.05) is 62.3 Å². The molecule has 110 valence electrons. The molecule has 1 aromatic heterocycles. The predicted octanol–water partition coefficient (Wildman–Crippen LogP) is 5.41. The van der Waals surface area contributed by atoms with E-state index in [1.807, 2.05) is 6.07 Å². The van der Waals surface area contributed by atoms with Crippen molar-refractivity contribution in [1.82, 2.24) is 9.97 Å². The van der Waals surface area contributed by atoms with Gasteiger partial charge in [-0.25, -0.2) is 4.98 Å². The number of hydrogen-bond acceptors (Lipinski definition) is 2. The second-order valence-corrected chi connectivity index (χ2v) is 6.65. The molecule has 2 nitrogen and oxygen atoms in total. The molecular weight excluding hydrogens is 276 g/mol. The fraction of sp³-hybridized carbons (Fsp3) is 0.444. The van der Waals surface area contributed by atoms with Crippen molar-refractivity contribution in [3.63, 3.8) is 0 Å². The highest BCUT2D eigenvalue weighted by Crippen LogP contribution is 2.35. The highest BCUT2D eigenvalue weighted by molar-refractivity contribution is 7.71. The average molecular weight is 298 g/mol. The van der Waals surface area contributed by atoms with Crippen LogP contribution in [0.2, 0.25) is 0 Å². The van der Waals surface area contributed by atoms with Crippen LogP contribution in [0.5, 0.6) is 0 Å². The van der Waals surface area contributed by atoms with Gasteiger partial charge in [0.15, 0.2) is 0 Å². The first kappa shape index (κ1) is 14.5. The van der Waals surface area contributed by atoms with E-state index < -0.39 is 0 Å². The van der Waals surface area contributed by atoms with Crippen molar-refractivity contribution in [1.29, 1.82) is 0 Å². The normalized spacial score (nSPS) is 22.2. The number of nitrogens with one attached hydrogen (secondary N) is 1. The monoisotopic (exact) mass is 298 g/mol. The van der Waals surface area contributed by atoms with Crippen molar-refractivity contribution in [2.75, 3.05) is 0 Å². The number of rotatable bonds is 2. The lowest BCUT2D eigenvalue weighted by Gasteiger charge is -2.26. The third-order valence-corrected chi connectivity index (χ3v) is 4.95. The van der Waals surface area contributed by atoms with E-state index in [0.29, 0.717) is 5.92 Å². The Morgan fingerprint density at radius 3 is 2.67 bits per heavy atom. The van der Waals surface area contributed by atoms with Gasteiger partial charge >= 0.3 is 0 Å². The molecule has 1 aromatic carbocycles. The minimum atomic E-state index is 0.526. The van der Waals surface area contributed by atoms with E-state index in [2.05, 4.69) is 48.1 Å². The fourth-order valence-electron chi connectivity index (χ4n) is 3.32. The quantitative estimate of drug-likeness (QED) is 0.751. The molecule has 0 spiro atoms. The molecule has 2 aromatic rings. The van der Waals surface area contributed by atoms with Gasteiger partial charge in [0.2, 0.25) is 0 Å². The fourth-order valence-corrected chi connectivity index (χ4v) is 3.52. The molecule has 1 aliphatic rings. The molecule has 3 heteroatoms. The summed E-state index contributed by atoms with van der Waals surface area (Å²) in [7, 11) is 0. The maximum Gasteiger partial charge on any atom is 0.133 e. The molecule has 2 atom stereocenters. The number of hydrogen-bond donors (Lipinski definition) is 1. The maximum atomic E-state index is 5.50. The van der Waals surface area contributed by atoms with Crippen LogP contribution in [0.3, 0.4) is 0 Å². The molecule has 3 rings (SSSR count). The van der Waals surface area contributed by atoms with Gasteiger partial charge in [-0.3, -0.25) is 0 Å². The summed E-state index contributed by atoms with van der Waals surface area (Å²) in [5.41, 5.74) is 3.39. The Kier molecular flexibility index (Phi) is 4.20. The third kappa shape index (κ3) is 3.08. The van der Waals surface area contributed by atoms with Gasteiger partial charge in [-0.15, -0.1) is 0 Å². The number of aromatic nitrogens is 2. The van der Waals surface area contributed by atoms with Gasteiger partial charge in [0.05, 0.1) is 5.69 Å². The van der Waals surface area contributed by atoms with Gasteiger partial charge < -0.3 is 4.98 Å². The van der Waals surface area contributed by atoms with Crippen molar-refractivity contribution >= 4 is 12.2 Å². The molecule has 1 saturated carbocycles.